The Hall–Kier alpha value is -2.20. The van der Waals surface area contributed by atoms with E-state index in [9.17, 15) is 0 Å². The third kappa shape index (κ3) is 27.4. The Balaban J connectivity index is 3.03. The van der Waals surface area contributed by atoms with Gasteiger partial charge in [0.15, 0.2) is 11.5 Å². The van der Waals surface area contributed by atoms with E-state index in [1.165, 1.54) is 179 Å². The molecule has 1 rings (SSSR count). The van der Waals surface area contributed by atoms with Gasteiger partial charge >= 0.3 is 0 Å². The summed E-state index contributed by atoms with van der Waals surface area (Å²) >= 11 is 0. The fourth-order valence-corrected chi connectivity index (χ4v) is 8.01. The van der Waals surface area contributed by atoms with Crippen molar-refractivity contribution in [3.05, 3.63) is 55.7 Å². The Morgan fingerprint density at radius 2 is 0.661 bits per heavy atom. The van der Waals surface area contributed by atoms with Crippen LogP contribution in [-0.4, -0.2) is 43.9 Å². The number of unbranched alkanes of at least 4 members (excludes halogenated alkanes) is 27. The molecule has 0 saturated heterocycles. The van der Waals surface area contributed by atoms with Crippen molar-refractivity contribution in [3.63, 3.8) is 0 Å². The largest absolute Gasteiger partial charge is 0.490 e. The third-order valence-corrected chi connectivity index (χ3v) is 11.4. The van der Waals surface area contributed by atoms with Gasteiger partial charge in [-0.25, -0.2) is 0 Å². The van der Waals surface area contributed by atoms with E-state index in [2.05, 4.69) is 52.6 Å². The first-order valence-electron chi connectivity index (χ1n) is 24.3. The standard InChI is InChI=1S/C52H94NO3/c1-7-13-16-19-22-25-28-31-34-37-43-54-50-46-49(48-53(40-10-4,41-11-5)42-12-6)47-51(55-44-38-35-32-29-26-23-20-17-14-8-2)52(50)56-45-39-36-33-30-27-24-21-18-15-9-3/h10-12,46-47H,4-9,13-45,48H2,1-3H3/q+1. The highest BCUT2D eigenvalue weighted by atomic mass is 16.5. The zero-order chi connectivity index (χ0) is 40.6. The van der Waals surface area contributed by atoms with Crippen LogP contribution in [0.1, 0.15) is 219 Å². The quantitative estimate of drug-likeness (QED) is 0.0375. The van der Waals surface area contributed by atoms with Crippen LogP contribution < -0.4 is 14.2 Å². The number of ether oxygens (including phenoxy) is 3. The van der Waals surface area contributed by atoms with E-state index in [4.69, 9.17) is 14.2 Å². The number of benzene rings is 1. The molecule has 0 fully saturated rings. The number of nitrogens with zero attached hydrogens (tertiary/aromatic N) is 1. The predicted octanol–water partition coefficient (Wildman–Crippen LogP) is 16.5. The van der Waals surface area contributed by atoms with Crippen LogP contribution in [-0.2, 0) is 6.54 Å². The lowest BCUT2D eigenvalue weighted by Gasteiger charge is -2.36. The van der Waals surface area contributed by atoms with E-state index in [-0.39, 0.29) is 0 Å². The van der Waals surface area contributed by atoms with Crippen LogP contribution in [0.25, 0.3) is 0 Å². The topological polar surface area (TPSA) is 27.7 Å². The summed E-state index contributed by atoms with van der Waals surface area (Å²) in [4.78, 5) is 0. The summed E-state index contributed by atoms with van der Waals surface area (Å²) in [7, 11) is 0. The van der Waals surface area contributed by atoms with E-state index < -0.39 is 0 Å². The van der Waals surface area contributed by atoms with E-state index in [0.717, 1.165) is 67.2 Å². The lowest BCUT2D eigenvalue weighted by atomic mass is 10.1. The molecule has 4 nitrogen and oxygen atoms in total. The zero-order valence-corrected chi connectivity index (χ0v) is 37.8. The van der Waals surface area contributed by atoms with Gasteiger partial charge in [0.25, 0.3) is 0 Å². The van der Waals surface area contributed by atoms with Gasteiger partial charge in [-0.15, -0.1) is 0 Å². The van der Waals surface area contributed by atoms with Gasteiger partial charge in [0.05, 0.1) is 39.5 Å². The van der Waals surface area contributed by atoms with Gasteiger partial charge in [-0.05, 0) is 49.6 Å². The first-order valence-corrected chi connectivity index (χ1v) is 24.3. The molecule has 56 heavy (non-hydrogen) atoms. The van der Waals surface area contributed by atoms with Crippen molar-refractivity contribution in [2.45, 2.75) is 220 Å². The Morgan fingerprint density at radius 1 is 0.393 bits per heavy atom. The summed E-state index contributed by atoms with van der Waals surface area (Å²) in [6, 6.07) is 4.47. The molecule has 0 amide bonds. The monoisotopic (exact) mass is 781 g/mol. The molecule has 0 spiro atoms. The molecule has 0 unspecified atom stereocenters. The van der Waals surface area contributed by atoms with Gasteiger partial charge < -0.3 is 18.7 Å². The number of hydrogen-bond acceptors (Lipinski definition) is 3. The zero-order valence-electron chi connectivity index (χ0n) is 37.8. The number of quaternary nitrogens is 1. The molecule has 4 heteroatoms. The van der Waals surface area contributed by atoms with Gasteiger partial charge in [-0.2, -0.15) is 0 Å². The molecular weight excluding hydrogens is 687 g/mol. The molecule has 0 aliphatic carbocycles. The van der Waals surface area contributed by atoms with Crippen molar-refractivity contribution in [3.8, 4) is 17.2 Å². The van der Waals surface area contributed by atoms with Crippen LogP contribution >= 0.6 is 0 Å². The minimum absolute atomic E-state index is 0.697. The van der Waals surface area contributed by atoms with Crippen LogP contribution in [0, 0.1) is 0 Å². The lowest BCUT2D eigenvalue weighted by molar-refractivity contribution is -0.924. The highest BCUT2D eigenvalue weighted by Gasteiger charge is 2.26. The predicted molar refractivity (Wildman–Crippen MR) is 248 cm³/mol. The van der Waals surface area contributed by atoms with E-state index in [1.807, 2.05) is 18.2 Å². The van der Waals surface area contributed by atoms with Gasteiger partial charge in [-0.3, -0.25) is 0 Å². The molecule has 1 aromatic carbocycles. The number of rotatable bonds is 44. The number of hydrogen-bond donors (Lipinski definition) is 0. The summed E-state index contributed by atoms with van der Waals surface area (Å²) < 4.78 is 20.8. The second kappa shape index (κ2) is 38.3. The summed E-state index contributed by atoms with van der Waals surface area (Å²) in [5.74, 6) is 2.49. The van der Waals surface area contributed by atoms with Crippen LogP contribution in [0.4, 0.5) is 0 Å². The second-order valence-electron chi connectivity index (χ2n) is 16.9. The summed E-state index contributed by atoms with van der Waals surface area (Å²) in [6.45, 7) is 24.7. The van der Waals surface area contributed by atoms with Crippen LogP contribution in [0.15, 0.2) is 50.1 Å². The highest BCUT2D eigenvalue weighted by molar-refractivity contribution is 5.54. The van der Waals surface area contributed by atoms with Crippen LogP contribution in [0.2, 0.25) is 0 Å². The molecule has 0 aliphatic rings. The fraction of sp³-hybridized carbons (Fsp3) is 0.769. The molecule has 0 radical (unpaired) electrons. The molecule has 0 saturated carbocycles. The minimum Gasteiger partial charge on any atom is -0.490 e. The summed E-state index contributed by atoms with van der Waals surface area (Å²) in [6.07, 6.45) is 45.5. The fourth-order valence-electron chi connectivity index (χ4n) is 8.01. The normalized spacial score (nSPS) is 11.5. The Kier molecular flexibility index (Phi) is 35.5. The van der Waals surface area contributed by atoms with Crippen molar-refractivity contribution >= 4 is 0 Å². The van der Waals surface area contributed by atoms with Crippen molar-refractivity contribution < 1.29 is 18.7 Å². The highest BCUT2D eigenvalue weighted by Crippen LogP contribution is 2.40. The van der Waals surface area contributed by atoms with Gasteiger partial charge in [0, 0.05) is 5.56 Å². The molecule has 0 heterocycles. The SMILES string of the molecule is C=CC[N+](CC=C)(CC=C)Cc1cc(OCCCCCCCCCCCC)c(OCCCCCCCCCCCC)c(OCCCCCCCCCCCC)c1. The minimum atomic E-state index is 0.697. The Bertz CT molecular complexity index is 977. The average Bonchev–Trinajstić information content (AvgIpc) is 3.19. The molecule has 0 atom stereocenters. The molecule has 324 valence electrons. The molecular formula is C52H94NO3+. The second-order valence-corrected chi connectivity index (χ2v) is 16.9. The third-order valence-electron chi connectivity index (χ3n) is 11.4. The van der Waals surface area contributed by atoms with Crippen molar-refractivity contribution in [2.24, 2.45) is 0 Å². The summed E-state index contributed by atoms with van der Waals surface area (Å²) in [5, 5.41) is 0. The molecule has 1 aromatic rings. The van der Waals surface area contributed by atoms with Crippen LogP contribution in [0.5, 0.6) is 17.2 Å². The van der Waals surface area contributed by atoms with Gasteiger partial charge in [0.2, 0.25) is 5.75 Å². The van der Waals surface area contributed by atoms with Gasteiger partial charge in [0.1, 0.15) is 6.54 Å². The maximum absolute atomic E-state index is 6.67. The first kappa shape index (κ1) is 51.8. The van der Waals surface area contributed by atoms with Crippen LogP contribution in [0.3, 0.4) is 0 Å². The molecule has 0 aromatic heterocycles. The lowest BCUT2D eigenvalue weighted by Crippen LogP contribution is -2.47. The average molecular weight is 781 g/mol. The maximum atomic E-state index is 6.67. The maximum Gasteiger partial charge on any atom is 0.203 e. The van der Waals surface area contributed by atoms with Crippen molar-refractivity contribution in [1.82, 2.24) is 0 Å². The molecule has 0 N–H and O–H groups in total. The van der Waals surface area contributed by atoms with Crippen molar-refractivity contribution in [2.75, 3.05) is 39.5 Å². The van der Waals surface area contributed by atoms with Crippen molar-refractivity contribution in [1.29, 1.82) is 0 Å². The van der Waals surface area contributed by atoms with Gasteiger partial charge in [-0.1, -0.05) is 214 Å². The molecule has 0 aliphatic heterocycles. The Morgan fingerprint density at radius 3 is 0.946 bits per heavy atom. The Labute approximate surface area is 349 Å². The van der Waals surface area contributed by atoms with E-state index in [1.54, 1.807) is 0 Å². The molecule has 0 bridgehead atoms. The summed E-state index contributed by atoms with van der Waals surface area (Å²) in [5.41, 5.74) is 1.21. The van der Waals surface area contributed by atoms with E-state index in [0.29, 0.717) is 19.8 Å². The van der Waals surface area contributed by atoms with E-state index >= 15 is 0 Å². The smallest absolute Gasteiger partial charge is 0.203 e. The first-order chi connectivity index (χ1) is 27.6.